The highest BCUT2D eigenvalue weighted by Gasteiger charge is 2.33. The normalized spacial score (nSPS) is 17.5. The second-order valence-corrected chi connectivity index (χ2v) is 9.68. The second kappa shape index (κ2) is 7.26. The van der Waals surface area contributed by atoms with Crippen molar-refractivity contribution in [2.24, 2.45) is 0 Å². The Hall–Kier alpha value is -1.35. The van der Waals surface area contributed by atoms with Gasteiger partial charge in [-0.05, 0) is 41.5 Å². The number of hydrogen-bond acceptors (Lipinski definition) is 6. The second-order valence-electron chi connectivity index (χ2n) is 7.71. The van der Waals surface area contributed by atoms with Crippen molar-refractivity contribution in [2.75, 3.05) is 31.9 Å². The maximum Gasteiger partial charge on any atom is 0.410 e. The van der Waals surface area contributed by atoms with Gasteiger partial charge in [0.1, 0.15) is 11.2 Å². The standard InChI is InChI=1S/C15H28N2O6S/c1-14(2,3)22-12(18)11-24(20,21)17-9-7-16(8-10-17)13(19)23-15(4,5)6/h7-11H2,1-6H3. The van der Waals surface area contributed by atoms with Crippen LogP contribution < -0.4 is 0 Å². The molecule has 0 unspecified atom stereocenters. The molecule has 0 N–H and O–H groups in total. The minimum atomic E-state index is -3.76. The molecule has 9 heteroatoms. The number of hydrogen-bond donors (Lipinski definition) is 0. The van der Waals surface area contributed by atoms with E-state index >= 15 is 0 Å². The van der Waals surface area contributed by atoms with E-state index in [1.165, 1.54) is 9.21 Å². The fourth-order valence-corrected chi connectivity index (χ4v) is 3.35. The molecule has 0 spiro atoms. The first-order chi connectivity index (χ1) is 10.7. The smallest absolute Gasteiger partial charge is 0.410 e. The van der Waals surface area contributed by atoms with Crippen LogP contribution in [0.5, 0.6) is 0 Å². The Morgan fingerprint density at radius 3 is 1.75 bits per heavy atom. The number of carbonyl (C=O) groups excluding carboxylic acids is 2. The van der Waals surface area contributed by atoms with Gasteiger partial charge in [0.15, 0.2) is 5.75 Å². The average molecular weight is 364 g/mol. The molecule has 0 aromatic carbocycles. The van der Waals surface area contributed by atoms with Crippen LogP contribution in [0.4, 0.5) is 4.79 Å². The Morgan fingerprint density at radius 1 is 0.875 bits per heavy atom. The summed E-state index contributed by atoms with van der Waals surface area (Å²) in [5, 5.41) is 0. The molecule has 1 rings (SSSR count). The molecule has 0 aromatic heterocycles. The Morgan fingerprint density at radius 2 is 1.33 bits per heavy atom. The van der Waals surface area contributed by atoms with Gasteiger partial charge in [-0.25, -0.2) is 13.2 Å². The van der Waals surface area contributed by atoms with E-state index in [2.05, 4.69) is 0 Å². The van der Waals surface area contributed by atoms with Crippen LogP contribution in [0.25, 0.3) is 0 Å². The minimum absolute atomic E-state index is 0.129. The van der Waals surface area contributed by atoms with E-state index in [1.807, 2.05) is 0 Å². The molecule has 0 bridgehead atoms. The Bertz CT molecular complexity index is 566. The number of carbonyl (C=O) groups is 2. The van der Waals surface area contributed by atoms with Gasteiger partial charge < -0.3 is 14.4 Å². The van der Waals surface area contributed by atoms with E-state index in [0.29, 0.717) is 0 Å². The quantitative estimate of drug-likeness (QED) is 0.699. The topological polar surface area (TPSA) is 93.2 Å². The fraction of sp³-hybridized carbons (Fsp3) is 0.867. The van der Waals surface area contributed by atoms with E-state index in [0.717, 1.165) is 0 Å². The van der Waals surface area contributed by atoms with Crippen molar-refractivity contribution in [3.63, 3.8) is 0 Å². The summed E-state index contributed by atoms with van der Waals surface area (Å²) in [7, 11) is -3.76. The number of esters is 1. The highest BCUT2D eigenvalue weighted by atomic mass is 32.2. The Balaban J connectivity index is 2.57. The summed E-state index contributed by atoms with van der Waals surface area (Å²) in [5.41, 5.74) is -1.33. The molecule has 140 valence electrons. The van der Waals surface area contributed by atoms with Crippen LogP contribution in [-0.2, 0) is 24.3 Å². The molecule has 1 fully saturated rings. The molecule has 1 aliphatic rings. The number of sulfonamides is 1. The third-order valence-corrected chi connectivity index (χ3v) is 4.76. The molecule has 1 aliphatic heterocycles. The van der Waals surface area contributed by atoms with Gasteiger partial charge in [0, 0.05) is 26.2 Å². The van der Waals surface area contributed by atoms with E-state index in [1.54, 1.807) is 41.5 Å². The number of amides is 1. The minimum Gasteiger partial charge on any atom is -0.459 e. The van der Waals surface area contributed by atoms with Crippen molar-refractivity contribution in [3.8, 4) is 0 Å². The monoisotopic (exact) mass is 364 g/mol. The van der Waals surface area contributed by atoms with Gasteiger partial charge in [0.05, 0.1) is 0 Å². The number of piperazine rings is 1. The number of ether oxygens (including phenoxy) is 2. The van der Waals surface area contributed by atoms with Gasteiger partial charge in [-0.2, -0.15) is 4.31 Å². The van der Waals surface area contributed by atoms with Crippen LogP contribution in [0.3, 0.4) is 0 Å². The highest BCUT2D eigenvalue weighted by molar-refractivity contribution is 7.89. The van der Waals surface area contributed by atoms with Gasteiger partial charge in [-0.3, -0.25) is 4.79 Å². The van der Waals surface area contributed by atoms with Crippen LogP contribution in [-0.4, -0.2) is 72.8 Å². The molecule has 1 heterocycles. The van der Waals surface area contributed by atoms with Crippen molar-refractivity contribution in [1.29, 1.82) is 0 Å². The highest BCUT2D eigenvalue weighted by Crippen LogP contribution is 2.14. The average Bonchev–Trinajstić information content (AvgIpc) is 2.33. The molecule has 8 nitrogen and oxygen atoms in total. The summed E-state index contributed by atoms with van der Waals surface area (Å²) in [6, 6.07) is 0. The van der Waals surface area contributed by atoms with Crippen LogP contribution >= 0.6 is 0 Å². The molecule has 0 atom stereocenters. The van der Waals surface area contributed by atoms with Crippen LogP contribution in [0.2, 0.25) is 0 Å². The number of rotatable bonds is 3. The van der Waals surface area contributed by atoms with Gasteiger partial charge in [-0.15, -0.1) is 0 Å². The van der Waals surface area contributed by atoms with E-state index in [9.17, 15) is 18.0 Å². The molecule has 0 aromatic rings. The zero-order valence-electron chi connectivity index (χ0n) is 15.3. The zero-order valence-corrected chi connectivity index (χ0v) is 16.1. The third kappa shape index (κ3) is 7.04. The first kappa shape index (κ1) is 20.7. The maximum atomic E-state index is 12.3. The van der Waals surface area contributed by atoms with Crippen molar-refractivity contribution < 1.29 is 27.5 Å². The molecule has 24 heavy (non-hydrogen) atoms. The number of nitrogens with zero attached hydrogens (tertiary/aromatic N) is 2. The first-order valence-electron chi connectivity index (χ1n) is 7.87. The van der Waals surface area contributed by atoms with Crippen molar-refractivity contribution in [3.05, 3.63) is 0 Å². The molecule has 1 amide bonds. The lowest BCUT2D eigenvalue weighted by Gasteiger charge is -2.34. The van der Waals surface area contributed by atoms with Gasteiger partial charge in [0.2, 0.25) is 10.0 Å². The lowest BCUT2D eigenvalue weighted by Crippen LogP contribution is -2.52. The Kier molecular flexibility index (Phi) is 6.26. The van der Waals surface area contributed by atoms with Gasteiger partial charge in [0.25, 0.3) is 0 Å². The van der Waals surface area contributed by atoms with Crippen LogP contribution in [0.1, 0.15) is 41.5 Å². The molecule has 0 saturated carbocycles. The first-order valence-corrected chi connectivity index (χ1v) is 9.48. The van der Waals surface area contributed by atoms with E-state index in [4.69, 9.17) is 9.47 Å². The summed E-state index contributed by atoms with van der Waals surface area (Å²) in [5.74, 6) is -1.48. The summed E-state index contributed by atoms with van der Waals surface area (Å²) in [4.78, 5) is 25.2. The summed E-state index contributed by atoms with van der Waals surface area (Å²) in [6.07, 6.45) is -0.466. The van der Waals surface area contributed by atoms with E-state index < -0.39 is 39.0 Å². The molecule has 0 radical (unpaired) electrons. The molecule has 1 saturated heterocycles. The van der Waals surface area contributed by atoms with Gasteiger partial charge >= 0.3 is 12.1 Å². The van der Waals surface area contributed by atoms with E-state index in [-0.39, 0.29) is 26.2 Å². The SMILES string of the molecule is CC(C)(C)OC(=O)CS(=O)(=O)N1CCN(C(=O)OC(C)(C)C)CC1. The maximum absolute atomic E-state index is 12.3. The predicted molar refractivity (Wildman–Crippen MR) is 89.0 cm³/mol. The lowest BCUT2D eigenvalue weighted by molar-refractivity contribution is -0.151. The zero-order chi connectivity index (χ0) is 18.8. The fourth-order valence-electron chi connectivity index (χ4n) is 2.09. The summed E-state index contributed by atoms with van der Waals surface area (Å²) < 4.78 is 36.1. The summed E-state index contributed by atoms with van der Waals surface area (Å²) in [6.45, 7) is 11.1. The van der Waals surface area contributed by atoms with Crippen molar-refractivity contribution in [1.82, 2.24) is 9.21 Å². The largest absolute Gasteiger partial charge is 0.459 e. The lowest BCUT2D eigenvalue weighted by atomic mass is 10.2. The summed E-state index contributed by atoms with van der Waals surface area (Å²) >= 11 is 0. The van der Waals surface area contributed by atoms with Crippen LogP contribution in [0, 0.1) is 0 Å². The molecular weight excluding hydrogens is 336 g/mol. The third-order valence-electron chi connectivity index (χ3n) is 3.00. The van der Waals surface area contributed by atoms with Crippen LogP contribution in [0.15, 0.2) is 0 Å². The Labute approximate surface area is 144 Å². The van der Waals surface area contributed by atoms with Crippen molar-refractivity contribution in [2.45, 2.75) is 52.7 Å². The predicted octanol–water partition coefficient (Wildman–Crippen LogP) is 1.21. The van der Waals surface area contributed by atoms with Gasteiger partial charge in [-0.1, -0.05) is 0 Å². The molecular formula is C15H28N2O6S. The molecule has 0 aliphatic carbocycles. The van der Waals surface area contributed by atoms with Crippen molar-refractivity contribution >= 4 is 22.1 Å².